The Bertz CT molecular complexity index is 1390. The van der Waals surface area contributed by atoms with Gasteiger partial charge >= 0.3 is 6.03 Å². The molecule has 1 aliphatic heterocycles. The number of amides is 3. The number of halogens is 3. The molecule has 3 amide bonds. The zero-order valence-corrected chi connectivity index (χ0v) is 24.5. The fourth-order valence-electron chi connectivity index (χ4n) is 4.67. The molecule has 41 heavy (non-hydrogen) atoms. The lowest BCUT2D eigenvalue weighted by Crippen LogP contribution is -2.49. The molecule has 1 heterocycles. The fraction of sp³-hybridized carbons (Fsp3) is 0.333. The predicted molar refractivity (Wildman–Crippen MR) is 159 cm³/mol. The molecule has 3 aromatic rings. The summed E-state index contributed by atoms with van der Waals surface area (Å²) in [5.74, 6) is -0.393. The number of aliphatic hydroxyl groups excluding tert-OH is 1. The van der Waals surface area contributed by atoms with Crippen molar-refractivity contribution in [1.29, 1.82) is 0 Å². The summed E-state index contributed by atoms with van der Waals surface area (Å²) in [6.07, 6.45) is -0.288. The molecule has 3 aromatic carbocycles. The van der Waals surface area contributed by atoms with E-state index in [4.69, 9.17) is 27.9 Å². The molecule has 1 aliphatic rings. The average Bonchev–Trinajstić information content (AvgIpc) is 2.93. The van der Waals surface area contributed by atoms with E-state index in [1.807, 2.05) is 26.1 Å². The second kappa shape index (κ2) is 13.5. The van der Waals surface area contributed by atoms with Crippen molar-refractivity contribution < 1.29 is 23.8 Å². The summed E-state index contributed by atoms with van der Waals surface area (Å²) in [5.41, 5.74) is 2.06. The van der Waals surface area contributed by atoms with Crippen LogP contribution in [0.15, 0.2) is 60.7 Å². The van der Waals surface area contributed by atoms with Gasteiger partial charge in [-0.3, -0.25) is 9.69 Å². The van der Waals surface area contributed by atoms with Gasteiger partial charge in [0.15, 0.2) is 0 Å². The van der Waals surface area contributed by atoms with Crippen LogP contribution in [-0.2, 0) is 6.54 Å². The maximum atomic E-state index is 13.7. The van der Waals surface area contributed by atoms with Gasteiger partial charge < -0.3 is 25.4 Å². The molecule has 0 radical (unpaired) electrons. The second-order valence-corrected chi connectivity index (χ2v) is 11.2. The monoisotopic (exact) mass is 602 g/mol. The smallest absolute Gasteiger partial charge is 0.323 e. The van der Waals surface area contributed by atoms with Crippen LogP contribution in [-0.4, -0.2) is 65.7 Å². The molecule has 0 saturated heterocycles. The van der Waals surface area contributed by atoms with Crippen LogP contribution in [0.3, 0.4) is 0 Å². The molecule has 0 saturated carbocycles. The first-order valence-corrected chi connectivity index (χ1v) is 14.0. The molecule has 4 rings (SSSR count). The molecular weight excluding hydrogens is 570 g/mol. The lowest BCUT2D eigenvalue weighted by molar-refractivity contribution is 0.0341. The van der Waals surface area contributed by atoms with E-state index in [2.05, 4.69) is 15.5 Å². The van der Waals surface area contributed by atoms with Gasteiger partial charge in [0.05, 0.1) is 28.3 Å². The van der Waals surface area contributed by atoms with Crippen molar-refractivity contribution in [3.05, 3.63) is 87.7 Å². The Hall–Kier alpha value is -3.37. The first-order chi connectivity index (χ1) is 19.5. The molecule has 0 aromatic heterocycles. The third-order valence-corrected chi connectivity index (χ3v) is 7.69. The molecule has 218 valence electrons. The SMILES string of the molecule is C[C@H]1CN([C@@H](C)CO)C(=O)c2cc(NC(=O)Nc3ccc(F)cc3)ccc2O[C@@H]1CN(C)Cc1ccc(Cl)c(Cl)c1. The second-order valence-electron chi connectivity index (χ2n) is 10.4. The summed E-state index contributed by atoms with van der Waals surface area (Å²) in [7, 11) is 1.98. The van der Waals surface area contributed by atoms with Crippen molar-refractivity contribution >= 4 is 46.5 Å². The Balaban J connectivity index is 1.55. The Labute approximate surface area is 249 Å². The highest BCUT2D eigenvalue weighted by Gasteiger charge is 2.33. The maximum absolute atomic E-state index is 13.7. The molecule has 0 spiro atoms. The number of ether oxygens (including phenoxy) is 1. The Morgan fingerprint density at radius 2 is 1.78 bits per heavy atom. The zero-order valence-electron chi connectivity index (χ0n) is 23.0. The van der Waals surface area contributed by atoms with E-state index in [-0.39, 0.29) is 30.1 Å². The number of urea groups is 1. The Morgan fingerprint density at radius 1 is 1.10 bits per heavy atom. The molecule has 3 N–H and O–H groups in total. The van der Waals surface area contributed by atoms with Crippen LogP contribution in [0.2, 0.25) is 10.0 Å². The van der Waals surface area contributed by atoms with Crippen molar-refractivity contribution in [2.24, 2.45) is 5.92 Å². The zero-order chi connectivity index (χ0) is 29.7. The van der Waals surface area contributed by atoms with E-state index in [0.29, 0.717) is 46.8 Å². The average molecular weight is 604 g/mol. The van der Waals surface area contributed by atoms with Crippen molar-refractivity contribution in [3.63, 3.8) is 0 Å². The number of hydrogen-bond acceptors (Lipinski definition) is 5. The number of aliphatic hydroxyl groups is 1. The van der Waals surface area contributed by atoms with Crippen LogP contribution < -0.4 is 15.4 Å². The van der Waals surface area contributed by atoms with Crippen LogP contribution >= 0.6 is 23.2 Å². The summed E-state index contributed by atoms with van der Waals surface area (Å²) in [6, 6.07) is 14.8. The van der Waals surface area contributed by atoms with Crippen LogP contribution in [0, 0.1) is 11.7 Å². The number of nitrogens with zero attached hydrogens (tertiary/aromatic N) is 2. The highest BCUT2D eigenvalue weighted by atomic mass is 35.5. The minimum absolute atomic E-state index is 0.0587. The van der Waals surface area contributed by atoms with Crippen molar-refractivity contribution in [1.82, 2.24) is 9.80 Å². The number of nitrogens with one attached hydrogen (secondary N) is 2. The summed E-state index contributed by atoms with van der Waals surface area (Å²) in [6.45, 7) is 5.14. The number of rotatable bonds is 8. The normalized spacial score (nSPS) is 17.8. The number of likely N-dealkylation sites (N-methyl/N-ethyl adjacent to an activating group) is 1. The summed E-state index contributed by atoms with van der Waals surface area (Å²) < 4.78 is 19.6. The minimum Gasteiger partial charge on any atom is -0.488 e. The van der Waals surface area contributed by atoms with Gasteiger partial charge in [-0.1, -0.05) is 36.2 Å². The summed E-state index contributed by atoms with van der Waals surface area (Å²) in [5, 5.41) is 16.2. The van der Waals surface area contributed by atoms with E-state index in [0.717, 1.165) is 5.56 Å². The fourth-order valence-corrected chi connectivity index (χ4v) is 4.99. The Morgan fingerprint density at radius 3 is 2.46 bits per heavy atom. The van der Waals surface area contributed by atoms with E-state index in [9.17, 15) is 19.1 Å². The van der Waals surface area contributed by atoms with Gasteiger partial charge in [-0.05, 0) is 74.1 Å². The van der Waals surface area contributed by atoms with Crippen LogP contribution in [0.1, 0.15) is 29.8 Å². The van der Waals surface area contributed by atoms with E-state index >= 15 is 0 Å². The summed E-state index contributed by atoms with van der Waals surface area (Å²) in [4.78, 5) is 30.0. The molecule has 8 nitrogen and oxygen atoms in total. The molecule has 3 atom stereocenters. The maximum Gasteiger partial charge on any atom is 0.323 e. The standard InChI is InChI=1S/C30H33Cl2FN4O4/c1-18-14-37(19(2)17-38)29(39)24-13-23(35-30(40)34-22-7-5-21(33)6-8-22)9-11-27(24)41-28(18)16-36(3)15-20-4-10-25(31)26(32)12-20/h4-13,18-19,28,38H,14-17H2,1-3H3,(H2,34,35,40)/t18-,19-,28+/m0/s1. The molecule has 11 heteroatoms. The predicted octanol–water partition coefficient (Wildman–Crippen LogP) is 6.13. The number of carbonyl (C=O) groups excluding carboxylic acids is 2. The van der Waals surface area contributed by atoms with Crippen molar-refractivity contribution in [2.45, 2.75) is 32.5 Å². The number of hydrogen-bond donors (Lipinski definition) is 3. The van der Waals surface area contributed by atoms with Crippen molar-refractivity contribution in [3.8, 4) is 5.75 Å². The molecule has 0 unspecified atom stereocenters. The van der Waals surface area contributed by atoms with Gasteiger partial charge in [0.2, 0.25) is 0 Å². The largest absolute Gasteiger partial charge is 0.488 e. The molecular formula is C30H33Cl2FN4O4. The third-order valence-electron chi connectivity index (χ3n) is 6.95. The highest BCUT2D eigenvalue weighted by Crippen LogP contribution is 2.31. The van der Waals surface area contributed by atoms with Gasteiger partial charge in [-0.2, -0.15) is 0 Å². The van der Waals surface area contributed by atoms with E-state index in [1.165, 1.54) is 24.3 Å². The van der Waals surface area contributed by atoms with Gasteiger partial charge in [-0.15, -0.1) is 0 Å². The first kappa shape index (κ1) is 30.6. The lowest BCUT2D eigenvalue weighted by atomic mass is 9.99. The van der Waals surface area contributed by atoms with Gasteiger partial charge in [0.1, 0.15) is 17.7 Å². The number of carbonyl (C=O) groups is 2. The van der Waals surface area contributed by atoms with Crippen LogP contribution in [0.4, 0.5) is 20.6 Å². The van der Waals surface area contributed by atoms with E-state index in [1.54, 1.807) is 36.1 Å². The number of benzene rings is 3. The molecule has 0 fully saturated rings. The van der Waals surface area contributed by atoms with E-state index < -0.39 is 17.9 Å². The van der Waals surface area contributed by atoms with Crippen LogP contribution in [0.5, 0.6) is 5.75 Å². The topological polar surface area (TPSA) is 94.1 Å². The number of fused-ring (bicyclic) bond motifs is 1. The first-order valence-electron chi connectivity index (χ1n) is 13.2. The third kappa shape index (κ3) is 7.89. The van der Waals surface area contributed by atoms with Crippen LogP contribution in [0.25, 0.3) is 0 Å². The summed E-state index contributed by atoms with van der Waals surface area (Å²) >= 11 is 12.3. The minimum atomic E-state index is -0.549. The Kier molecular flexibility index (Phi) is 10.1. The molecule has 0 bridgehead atoms. The van der Waals surface area contributed by atoms with Gasteiger partial charge in [0.25, 0.3) is 5.91 Å². The number of anilines is 2. The highest BCUT2D eigenvalue weighted by molar-refractivity contribution is 6.42. The lowest BCUT2D eigenvalue weighted by Gasteiger charge is -2.38. The molecule has 0 aliphatic carbocycles. The van der Waals surface area contributed by atoms with Gasteiger partial charge in [0, 0.05) is 36.9 Å². The quantitative estimate of drug-likeness (QED) is 0.288. The van der Waals surface area contributed by atoms with Crippen molar-refractivity contribution in [2.75, 3.05) is 37.4 Å². The van der Waals surface area contributed by atoms with Gasteiger partial charge in [-0.25, -0.2) is 9.18 Å².